The van der Waals surface area contributed by atoms with Gasteiger partial charge in [0.2, 0.25) is 5.91 Å². The quantitative estimate of drug-likeness (QED) is 0.225. The van der Waals surface area contributed by atoms with Crippen molar-refractivity contribution in [2.75, 3.05) is 23.9 Å². The highest BCUT2D eigenvalue weighted by atomic mass is 35.5. The summed E-state index contributed by atoms with van der Waals surface area (Å²) in [5, 5.41) is 16.5. The number of rotatable bonds is 8. The van der Waals surface area contributed by atoms with Crippen LogP contribution in [0, 0.1) is 6.92 Å². The second kappa shape index (κ2) is 11.5. The summed E-state index contributed by atoms with van der Waals surface area (Å²) < 4.78 is 11.2. The lowest BCUT2D eigenvalue weighted by atomic mass is 10.0. The number of nitrogens with zero attached hydrogens (tertiary/aromatic N) is 2. The number of carboxylic acids is 1. The van der Waals surface area contributed by atoms with Crippen LogP contribution < -0.4 is 15.5 Å². The second-order valence-electron chi connectivity index (χ2n) is 9.18. The zero-order chi connectivity index (χ0) is 28.4. The number of carbonyl (C=O) groups excluding carboxylic acids is 1. The highest BCUT2D eigenvalue weighted by Gasteiger charge is 2.42. The van der Waals surface area contributed by atoms with E-state index in [1.54, 1.807) is 12.3 Å². The summed E-state index contributed by atoms with van der Waals surface area (Å²) in [4.78, 5) is 30.1. The van der Waals surface area contributed by atoms with E-state index in [4.69, 9.17) is 33.0 Å². The summed E-state index contributed by atoms with van der Waals surface area (Å²) in [6.07, 6.45) is 1.71. The average molecular weight is 577 g/mol. The van der Waals surface area contributed by atoms with E-state index in [0.29, 0.717) is 32.9 Å². The van der Waals surface area contributed by atoms with Gasteiger partial charge >= 0.3 is 5.97 Å². The molecule has 2 atom stereocenters. The lowest BCUT2D eigenvalue weighted by Gasteiger charge is -2.27. The predicted octanol–water partition coefficient (Wildman–Crippen LogP) is 5.76. The Labute approximate surface area is 240 Å². The highest BCUT2D eigenvalue weighted by Crippen LogP contribution is 2.44. The van der Waals surface area contributed by atoms with Gasteiger partial charge in [-0.15, -0.1) is 0 Å². The number of aromatic nitrogens is 1. The molecular weight excluding hydrogens is 552 g/mol. The van der Waals surface area contributed by atoms with Crippen LogP contribution in [0.1, 0.15) is 39.5 Å². The molecule has 9 nitrogen and oxygen atoms in total. The molecule has 0 bridgehead atoms. The van der Waals surface area contributed by atoms with Gasteiger partial charge in [-0.3, -0.25) is 9.78 Å². The van der Waals surface area contributed by atoms with Crippen molar-refractivity contribution >= 4 is 52.2 Å². The van der Waals surface area contributed by atoms with Crippen LogP contribution in [0.15, 0.2) is 77.3 Å². The first-order valence-corrected chi connectivity index (χ1v) is 13.1. The van der Waals surface area contributed by atoms with Crippen LogP contribution in [0.2, 0.25) is 5.02 Å². The number of furan rings is 1. The highest BCUT2D eigenvalue weighted by molar-refractivity contribution is 7.80. The fraction of sp³-hybridized carbons (Fsp3) is 0.172. The van der Waals surface area contributed by atoms with E-state index in [9.17, 15) is 14.7 Å². The standard InChI is InChI=1S/C29H25ClN4O5S/c1-16-13-18(7-9-21(16)32-25(35)15-38-2)34-27(26(33-29(34)40)22-5-3-4-12-31-22)24-11-10-23(39-24)19-14-17(28(36)37)6-8-20(19)30/h3-14,26-27H,15H2,1-2H3,(H,32,35)(H,33,40)(H,36,37)/t26-,27-/m1/s1. The minimum Gasteiger partial charge on any atom is -0.478 e. The van der Waals surface area contributed by atoms with E-state index in [1.165, 1.54) is 25.3 Å². The molecule has 0 saturated carbocycles. The number of carbonyl (C=O) groups is 2. The molecule has 1 aliphatic rings. The van der Waals surface area contributed by atoms with Gasteiger partial charge in [0.15, 0.2) is 5.11 Å². The molecule has 1 saturated heterocycles. The number of amides is 1. The molecule has 5 rings (SSSR count). The average Bonchev–Trinajstić information content (AvgIpc) is 3.55. The maximum atomic E-state index is 12.1. The molecule has 3 heterocycles. The van der Waals surface area contributed by atoms with E-state index in [1.807, 2.05) is 54.3 Å². The molecule has 204 valence electrons. The molecule has 0 spiro atoms. The molecule has 40 heavy (non-hydrogen) atoms. The third kappa shape index (κ3) is 5.42. The molecule has 4 aromatic rings. The van der Waals surface area contributed by atoms with E-state index in [0.717, 1.165) is 16.9 Å². The number of anilines is 2. The minimum absolute atomic E-state index is 0.0463. The van der Waals surface area contributed by atoms with Crippen LogP contribution >= 0.6 is 23.8 Å². The third-order valence-electron chi connectivity index (χ3n) is 6.53. The summed E-state index contributed by atoms with van der Waals surface area (Å²) in [7, 11) is 1.46. The van der Waals surface area contributed by atoms with Gasteiger partial charge in [0.05, 0.1) is 22.3 Å². The summed E-state index contributed by atoms with van der Waals surface area (Å²) in [6, 6.07) is 18.5. The van der Waals surface area contributed by atoms with Crippen LogP contribution in [0.4, 0.5) is 11.4 Å². The second-order valence-corrected chi connectivity index (χ2v) is 9.97. The summed E-state index contributed by atoms with van der Waals surface area (Å²) in [5.74, 6) is -0.315. The number of thiocarbonyl (C=S) groups is 1. The van der Waals surface area contributed by atoms with Crippen LogP contribution in [0.3, 0.4) is 0 Å². The number of ether oxygens (including phenoxy) is 1. The molecule has 1 amide bonds. The number of hydrogen-bond donors (Lipinski definition) is 3. The van der Waals surface area contributed by atoms with Crippen molar-refractivity contribution in [2.45, 2.75) is 19.0 Å². The zero-order valence-electron chi connectivity index (χ0n) is 21.6. The molecule has 11 heteroatoms. The van der Waals surface area contributed by atoms with Gasteiger partial charge in [0.25, 0.3) is 0 Å². The van der Waals surface area contributed by atoms with Crippen molar-refractivity contribution in [2.24, 2.45) is 0 Å². The summed E-state index contributed by atoms with van der Waals surface area (Å²) in [6.45, 7) is 1.85. The number of carboxylic acid groups (broad SMARTS) is 1. The zero-order valence-corrected chi connectivity index (χ0v) is 23.1. The monoisotopic (exact) mass is 576 g/mol. The van der Waals surface area contributed by atoms with Crippen molar-refractivity contribution in [3.8, 4) is 11.3 Å². The van der Waals surface area contributed by atoms with Crippen molar-refractivity contribution in [1.82, 2.24) is 10.3 Å². The number of methoxy groups -OCH3 is 1. The molecule has 1 fully saturated rings. The number of hydrogen-bond acceptors (Lipinski definition) is 6. The SMILES string of the molecule is COCC(=O)Nc1ccc(N2C(=S)N[C@H](c3ccccn3)[C@H]2c2ccc(-c3cc(C(=O)O)ccc3Cl)o2)cc1C. The number of aromatic carboxylic acids is 1. The Bertz CT molecular complexity index is 1590. The van der Waals surface area contributed by atoms with E-state index in [-0.39, 0.29) is 24.1 Å². The Morgan fingerprint density at radius 1 is 1.18 bits per heavy atom. The Morgan fingerprint density at radius 2 is 2.00 bits per heavy atom. The Kier molecular flexibility index (Phi) is 7.83. The van der Waals surface area contributed by atoms with E-state index < -0.39 is 12.0 Å². The maximum Gasteiger partial charge on any atom is 0.335 e. The number of aryl methyl sites for hydroxylation is 1. The van der Waals surface area contributed by atoms with Crippen molar-refractivity contribution < 1.29 is 23.8 Å². The smallest absolute Gasteiger partial charge is 0.335 e. The van der Waals surface area contributed by atoms with Crippen molar-refractivity contribution in [3.63, 3.8) is 0 Å². The molecule has 0 radical (unpaired) electrons. The Morgan fingerprint density at radius 3 is 2.70 bits per heavy atom. The fourth-order valence-electron chi connectivity index (χ4n) is 4.68. The van der Waals surface area contributed by atoms with Gasteiger partial charge < -0.3 is 29.8 Å². The predicted molar refractivity (Wildman–Crippen MR) is 156 cm³/mol. The lowest BCUT2D eigenvalue weighted by Crippen LogP contribution is -2.29. The van der Waals surface area contributed by atoms with Gasteiger partial charge in [-0.2, -0.15) is 0 Å². The summed E-state index contributed by atoms with van der Waals surface area (Å²) >= 11 is 12.2. The first-order chi connectivity index (χ1) is 19.3. The normalized spacial score (nSPS) is 16.6. The number of pyridine rings is 1. The number of halogens is 1. The Balaban J connectivity index is 1.56. The summed E-state index contributed by atoms with van der Waals surface area (Å²) in [5.41, 5.74) is 3.61. The molecule has 2 aromatic heterocycles. The van der Waals surface area contributed by atoms with Crippen LogP contribution in [0.25, 0.3) is 11.3 Å². The van der Waals surface area contributed by atoms with Crippen LogP contribution in [-0.2, 0) is 9.53 Å². The van der Waals surface area contributed by atoms with Gasteiger partial charge in [0, 0.05) is 30.2 Å². The molecule has 2 aromatic carbocycles. The van der Waals surface area contributed by atoms with Gasteiger partial charge in [-0.25, -0.2) is 4.79 Å². The van der Waals surface area contributed by atoms with Gasteiger partial charge in [0.1, 0.15) is 24.2 Å². The van der Waals surface area contributed by atoms with Gasteiger partial charge in [-0.05, 0) is 85.4 Å². The maximum absolute atomic E-state index is 12.1. The van der Waals surface area contributed by atoms with Crippen molar-refractivity contribution in [3.05, 3.63) is 101 Å². The van der Waals surface area contributed by atoms with Gasteiger partial charge in [-0.1, -0.05) is 17.7 Å². The first kappa shape index (κ1) is 27.3. The molecule has 0 aliphatic carbocycles. The number of nitrogens with one attached hydrogen (secondary N) is 2. The lowest BCUT2D eigenvalue weighted by molar-refractivity contribution is -0.119. The van der Waals surface area contributed by atoms with Crippen LogP contribution in [0.5, 0.6) is 0 Å². The molecule has 0 unspecified atom stereocenters. The minimum atomic E-state index is -1.06. The number of benzene rings is 2. The van der Waals surface area contributed by atoms with E-state index >= 15 is 0 Å². The first-order valence-electron chi connectivity index (χ1n) is 12.3. The van der Waals surface area contributed by atoms with Crippen molar-refractivity contribution in [1.29, 1.82) is 0 Å². The Hall–Kier alpha value is -4.25. The molecule has 3 N–H and O–H groups in total. The fourth-order valence-corrected chi connectivity index (χ4v) is 5.24. The molecular formula is C29H25ClN4O5S. The third-order valence-corrected chi connectivity index (χ3v) is 7.18. The largest absolute Gasteiger partial charge is 0.478 e. The van der Waals surface area contributed by atoms with Crippen LogP contribution in [-0.4, -0.2) is 40.8 Å². The van der Waals surface area contributed by atoms with E-state index in [2.05, 4.69) is 15.6 Å². The topological polar surface area (TPSA) is 117 Å². The molecule has 1 aliphatic heterocycles.